The third kappa shape index (κ3) is 3.96. The number of phenolic OH excluding ortho intramolecular Hbond substituents is 1. The zero-order valence-electron chi connectivity index (χ0n) is 20.9. The van der Waals surface area contributed by atoms with E-state index in [1.807, 2.05) is 61.3 Å². The summed E-state index contributed by atoms with van der Waals surface area (Å²) in [4.78, 5) is 15.7. The Balaban J connectivity index is 1.68. The Labute approximate surface area is 210 Å². The molecule has 0 radical (unpaired) electrons. The number of fused-ring (bicyclic) bond motifs is 1. The summed E-state index contributed by atoms with van der Waals surface area (Å²) in [5.41, 5.74) is 6.19. The summed E-state index contributed by atoms with van der Waals surface area (Å²) >= 11 is 0. The van der Waals surface area contributed by atoms with Crippen LogP contribution in [0.5, 0.6) is 17.2 Å². The number of aromatic nitrogens is 2. The lowest BCUT2D eigenvalue weighted by Crippen LogP contribution is -2.32. The number of methoxy groups -OCH3 is 2. The SMILES string of the molecule is COc1cc([C@@H]2c3c(-c4ccc(C)cc4)nn(C)c3C(=O)N2CCc2ccccc2)cc(OC)c1O. The van der Waals surface area contributed by atoms with E-state index < -0.39 is 6.04 Å². The van der Waals surface area contributed by atoms with Crippen molar-refractivity contribution in [1.82, 2.24) is 14.7 Å². The smallest absolute Gasteiger partial charge is 0.273 e. The van der Waals surface area contributed by atoms with E-state index in [1.165, 1.54) is 14.2 Å². The number of hydrogen-bond acceptors (Lipinski definition) is 5. The van der Waals surface area contributed by atoms with Crippen molar-refractivity contribution in [1.29, 1.82) is 0 Å². The van der Waals surface area contributed by atoms with Gasteiger partial charge in [-0.2, -0.15) is 5.10 Å². The Morgan fingerprint density at radius 2 is 1.61 bits per heavy atom. The molecule has 1 aromatic heterocycles. The first-order valence-corrected chi connectivity index (χ1v) is 11.9. The highest BCUT2D eigenvalue weighted by atomic mass is 16.5. The van der Waals surface area contributed by atoms with Crippen LogP contribution < -0.4 is 9.47 Å². The molecule has 184 valence electrons. The van der Waals surface area contributed by atoms with Crippen molar-refractivity contribution in [3.63, 3.8) is 0 Å². The van der Waals surface area contributed by atoms with E-state index in [1.54, 1.807) is 16.8 Å². The Hall–Kier alpha value is -4.26. The van der Waals surface area contributed by atoms with Gasteiger partial charge in [0.15, 0.2) is 11.5 Å². The lowest BCUT2D eigenvalue weighted by atomic mass is 9.95. The molecule has 1 aliphatic rings. The van der Waals surface area contributed by atoms with Crippen molar-refractivity contribution in [2.24, 2.45) is 7.05 Å². The first-order valence-electron chi connectivity index (χ1n) is 11.9. The van der Waals surface area contributed by atoms with Gasteiger partial charge in [0.1, 0.15) is 5.69 Å². The largest absolute Gasteiger partial charge is 0.502 e. The third-order valence-electron chi connectivity index (χ3n) is 6.76. The van der Waals surface area contributed by atoms with Crippen LogP contribution in [0.1, 0.15) is 38.8 Å². The number of amides is 1. The number of carbonyl (C=O) groups is 1. The van der Waals surface area contributed by atoms with Crippen molar-refractivity contribution in [3.05, 3.63) is 94.7 Å². The molecule has 0 fully saturated rings. The molecule has 36 heavy (non-hydrogen) atoms. The van der Waals surface area contributed by atoms with Crippen molar-refractivity contribution < 1.29 is 19.4 Å². The van der Waals surface area contributed by atoms with Gasteiger partial charge in [0.05, 0.1) is 26.0 Å². The molecule has 1 aliphatic heterocycles. The highest BCUT2D eigenvalue weighted by Gasteiger charge is 2.43. The second kappa shape index (κ2) is 9.41. The molecule has 0 saturated carbocycles. The lowest BCUT2D eigenvalue weighted by Gasteiger charge is -2.27. The van der Waals surface area contributed by atoms with Gasteiger partial charge >= 0.3 is 0 Å². The molecular weight excluding hydrogens is 454 g/mol. The van der Waals surface area contributed by atoms with Gasteiger partial charge < -0.3 is 19.5 Å². The van der Waals surface area contributed by atoms with E-state index in [2.05, 4.69) is 12.1 Å². The summed E-state index contributed by atoms with van der Waals surface area (Å²) in [5, 5.41) is 15.3. The van der Waals surface area contributed by atoms with Gasteiger partial charge in [-0.3, -0.25) is 9.48 Å². The Morgan fingerprint density at radius 3 is 2.22 bits per heavy atom. The van der Waals surface area contributed by atoms with Crippen LogP contribution in [0, 0.1) is 6.92 Å². The average Bonchev–Trinajstić information content (AvgIpc) is 3.38. The zero-order valence-corrected chi connectivity index (χ0v) is 20.9. The lowest BCUT2D eigenvalue weighted by molar-refractivity contribution is 0.0741. The summed E-state index contributed by atoms with van der Waals surface area (Å²) in [6.07, 6.45) is 0.705. The van der Waals surface area contributed by atoms with Gasteiger partial charge in [0.25, 0.3) is 5.91 Å². The molecule has 5 rings (SSSR count). The van der Waals surface area contributed by atoms with Crippen LogP contribution in [-0.4, -0.2) is 46.5 Å². The van der Waals surface area contributed by atoms with Crippen molar-refractivity contribution in [3.8, 4) is 28.5 Å². The van der Waals surface area contributed by atoms with E-state index in [9.17, 15) is 9.90 Å². The predicted octanol–water partition coefficient (Wildman–Crippen LogP) is 4.91. The first kappa shape index (κ1) is 23.5. The molecule has 0 spiro atoms. The molecule has 1 atom stereocenters. The first-order chi connectivity index (χ1) is 17.4. The molecule has 3 aromatic carbocycles. The van der Waals surface area contributed by atoms with Crippen molar-refractivity contribution >= 4 is 5.91 Å². The number of hydrogen-bond donors (Lipinski definition) is 1. The maximum atomic E-state index is 13.9. The number of ether oxygens (including phenoxy) is 2. The van der Waals surface area contributed by atoms with Crippen LogP contribution in [0.15, 0.2) is 66.7 Å². The van der Waals surface area contributed by atoms with E-state index in [0.717, 1.165) is 33.5 Å². The minimum atomic E-state index is -0.426. The van der Waals surface area contributed by atoms with Crippen LogP contribution in [0.4, 0.5) is 0 Å². The Morgan fingerprint density at radius 1 is 0.972 bits per heavy atom. The van der Waals surface area contributed by atoms with Crippen LogP contribution in [-0.2, 0) is 13.5 Å². The molecule has 4 aromatic rings. The summed E-state index contributed by atoms with van der Waals surface area (Å²) in [5.74, 6) is 0.419. The average molecular weight is 484 g/mol. The van der Waals surface area contributed by atoms with Gasteiger partial charge in [0.2, 0.25) is 5.75 Å². The summed E-state index contributed by atoms with van der Waals surface area (Å²) in [7, 11) is 4.81. The van der Waals surface area contributed by atoms with Crippen LogP contribution in [0.3, 0.4) is 0 Å². The molecule has 1 N–H and O–H groups in total. The van der Waals surface area contributed by atoms with Gasteiger partial charge in [-0.15, -0.1) is 0 Å². The molecular formula is C29H29N3O4. The van der Waals surface area contributed by atoms with Crippen molar-refractivity contribution in [2.45, 2.75) is 19.4 Å². The molecule has 0 bridgehead atoms. The molecule has 0 aliphatic carbocycles. The topological polar surface area (TPSA) is 76.8 Å². The number of rotatable bonds is 7. The molecule has 1 amide bonds. The molecule has 7 nitrogen and oxygen atoms in total. The Kier molecular flexibility index (Phi) is 6.14. The second-order valence-electron chi connectivity index (χ2n) is 9.01. The molecule has 0 saturated heterocycles. The molecule has 7 heteroatoms. The number of carbonyl (C=O) groups excluding carboxylic acids is 1. The molecule has 0 unspecified atom stereocenters. The fourth-order valence-corrected chi connectivity index (χ4v) is 4.93. The standard InChI is InChI=1S/C29H29N3O4/c1-18-10-12-20(13-11-18)25-24-26(21-16-22(35-3)28(33)23(17-21)36-4)32(29(34)27(24)31(2)30-25)15-14-19-8-6-5-7-9-19/h5-13,16-17,26,33H,14-15H2,1-4H3/t26-/m1/s1. The zero-order chi connectivity index (χ0) is 25.4. The van der Waals surface area contributed by atoms with Crippen LogP contribution >= 0.6 is 0 Å². The minimum absolute atomic E-state index is 0.0749. The normalized spacial score (nSPS) is 14.7. The highest BCUT2D eigenvalue weighted by Crippen LogP contribution is 2.47. The minimum Gasteiger partial charge on any atom is -0.502 e. The quantitative estimate of drug-likeness (QED) is 0.404. The van der Waals surface area contributed by atoms with Crippen molar-refractivity contribution in [2.75, 3.05) is 20.8 Å². The third-order valence-corrected chi connectivity index (χ3v) is 6.76. The van der Waals surface area contributed by atoms with Crippen LogP contribution in [0.25, 0.3) is 11.3 Å². The summed E-state index contributed by atoms with van der Waals surface area (Å²) < 4.78 is 12.6. The van der Waals surface area contributed by atoms with E-state index >= 15 is 0 Å². The summed E-state index contributed by atoms with van der Waals surface area (Å²) in [6.45, 7) is 2.56. The van der Waals surface area contributed by atoms with Gasteiger partial charge in [0, 0.05) is 24.7 Å². The number of nitrogens with zero attached hydrogens (tertiary/aromatic N) is 3. The Bertz CT molecular complexity index is 1390. The van der Waals surface area contributed by atoms with Gasteiger partial charge in [-0.05, 0) is 36.6 Å². The molecule has 2 heterocycles. The fraction of sp³-hybridized carbons (Fsp3) is 0.241. The summed E-state index contributed by atoms with van der Waals surface area (Å²) in [6, 6.07) is 21.4. The number of aromatic hydroxyl groups is 1. The van der Waals surface area contributed by atoms with Crippen LogP contribution in [0.2, 0.25) is 0 Å². The number of phenols is 1. The highest BCUT2D eigenvalue weighted by molar-refractivity contribution is 6.00. The fourth-order valence-electron chi connectivity index (χ4n) is 4.93. The van der Waals surface area contributed by atoms with E-state index in [-0.39, 0.29) is 23.2 Å². The maximum absolute atomic E-state index is 13.9. The number of aryl methyl sites for hydroxylation is 2. The van der Waals surface area contributed by atoms with Gasteiger partial charge in [-0.1, -0.05) is 60.2 Å². The number of benzene rings is 3. The van der Waals surface area contributed by atoms with E-state index in [4.69, 9.17) is 14.6 Å². The maximum Gasteiger partial charge on any atom is 0.273 e. The second-order valence-corrected chi connectivity index (χ2v) is 9.01. The predicted molar refractivity (Wildman–Crippen MR) is 138 cm³/mol. The van der Waals surface area contributed by atoms with E-state index in [0.29, 0.717) is 18.7 Å². The van der Waals surface area contributed by atoms with Gasteiger partial charge in [-0.25, -0.2) is 0 Å². The monoisotopic (exact) mass is 483 g/mol.